The van der Waals surface area contributed by atoms with Crippen molar-refractivity contribution in [1.29, 1.82) is 0 Å². The number of aromatic nitrogens is 2. The summed E-state index contributed by atoms with van der Waals surface area (Å²) in [6.45, 7) is 8.89. The van der Waals surface area contributed by atoms with Crippen molar-refractivity contribution >= 4 is 16.9 Å². The molecule has 1 aliphatic rings. The van der Waals surface area contributed by atoms with E-state index in [-0.39, 0.29) is 5.91 Å². The van der Waals surface area contributed by atoms with Crippen LogP contribution in [0.15, 0.2) is 54.9 Å². The summed E-state index contributed by atoms with van der Waals surface area (Å²) in [6.07, 6.45) is 5.54. The van der Waals surface area contributed by atoms with Crippen LogP contribution in [-0.2, 0) is 6.54 Å². The molecule has 6 heteroatoms. The Balaban J connectivity index is 1.39. The van der Waals surface area contributed by atoms with Crippen molar-refractivity contribution in [1.82, 2.24) is 19.8 Å². The van der Waals surface area contributed by atoms with Gasteiger partial charge in [-0.15, -0.1) is 0 Å². The van der Waals surface area contributed by atoms with Gasteiger partial charge in [-0.3, -0.25) is 19.7 Å². The number of amides is 1. The zero-order chi connectivity index (χ0) is 23.2. The second kappa shape index (κ2) is 10.8. The molecular formula is C27H34N4O2. The molecule has 2 aromatic carbocycles. The van der Waals surface area contributed by atoms with Gasteiger partial charge in [-0.1, -0.05) is 32.0 Å². The monoisotopic (exact) mass is 446 g/mol. The molecule has 6 nitrogen and oxygen atoms in total. The molecule has 0 saturated carbocycles. The number of ether oxygens (including phenoxy) is 1. The summed E-state index contributed by atoms with van der Waals surface area (Å²) < 4.78 is 5.51. The number of carbonyl (C=O) groups excluding carboxylic acids is 1. The van der Waals surface area contributed by atoms with Crippen LogP contribution in [0, 0.1) is 11.8 Å². The first-order valence-corrected chi connectivity index (χ1v) is 11.9. The first-order valence-electron chi connectivity index (χ1n) is 11.9. The van der Waals surface area contributed by atoms with Crippen molar-refractivity contribution in [3.8, 4) is 5.75 Å². The number of piperidine rings is 1. The second-order valence-electron chi connectivity index (χ2n) is 9.40. The minimum atomic E-state index is 0.0905. The number of fused-ring (bicyclic) bond motifs is 1. The molecule has 0 atom stereocenters. The van der Waals surface area contributed by atoms with E-state index < -0.39 is 0 Å². The number of hydrogen-bond donors (Lipinski definition) is 0. The summed E-state index contributed by atoms with van der Waals surface area (Å²) in [7, 11) is 1.73. The fourth-order valence-electron chi connectivity index (χ4n) is 4.67. The van der Waals surface area contributed by atoms with E-state index in [0.717, 1.165) is 62.3 Å². The van der Waals surface area contributed by atoms with Gasteiger partial charge in [0.05, 0.1) is 18.1 Å². The number of carbonyl (C=O) groups is 1. The van der Waals surface area contributed by atoms with Crippen molar-refractivity contribution in [3.63, 3.8) is 0 Å². The summed E-state index contributed by atoms with van der Waals surface area (Å²) >= 11 is 0. The molecule has 0 radical (unpaired) electrons. The number of nitrogens with zero attached hydrogens (tertiary/aromatic N) is 4. The molecule has 1 aliphatic heterocycles. The van der Waals surface area contributed by atoms with Crippen LogP contribution in [0.25, 0.3) is 11.0 Å². The lowest BCUT2D eigenvalue weighted by molar-refractivity contribution is 0.0663. The first kappa shape index (κ1) is 23.2. The standard InChI is InChI=1S/C27H34N4O2/c1-20(2)17-31(27(32)22-8-9-24-25(16-22)29-13-12-28-24)18-21-10-14-30(15-11-21)19-23-6-4-5-7-26(23)33-3/h4-9,12-13,16,20-21H,10-11,14-15,17-19H2,1-3H3. The average molecular weight is 447 g/mol. The lowest BCUT2D eigenvalue weighted by Crippen LogP contribution is -2.42. The molecule has 0 aliphatic carbocycles. The van der Waals surface area contributed by atoms with Gasteiger partial charge in [0.2, 0.25) is 0 Å². The van der Waals surface area contributed by atoms with Crippen LogP contribution in [0.4, 0.5) is 0 Å². The molecule has 174 valence electrons. The minimum absolute atomic E-state index is 0.0905. The van der Waals surface area contributed by atoms with Gasteiger partial charge in [0.1, 0.15) is 5.75 Å². The zero-order valence-electron chi connectivity index (χ0n) is 19.9. The third-order valence-electron chi connectivity index (χ3n) is 6.36. The number of para-hydroxylation sites is 1. The molecule has 1 amide bonds. The molecule has 0 unspecified atom stereocenters. The highest BCUT2D eigenvalue weighted by molar-refractivity contribution is 5.97. The number of likely N-dealkylation sites (tertiary alicyclic amines) is 1. The number of rotatable bonds is 8. The maximum absolute atomic E-state index is 13.4. The van der Waals surface area contributed by atoms with Gasteiger partial charge < -0.3 is 9.64 Å². The van der Waals surface area contributed by atoms with Gasteiger partial charge in [-0.2, -0.15) is 0 Å². The predicted octanol–water partition coefficient (Wildman–Crippen LogP) is 4.65. The highest BCUT2D eigenvalue weighted by Crippen LogP contribution is 2.25. The van der Waals surface area contributed by atoms with Gasteiger partial charge in [-0.25, -0.2) is 0 Å². The molecular weight excluding hydrogens is 412 g/mol. The quantitative estimate of drug-likeness (QED) is 0.504. The van der Waals surface area contributed by atoms with Crippen LogP contribution in [0.3, 0.4) is 0 Å². The van der Waals surface area contributed by atoms with Crippen LogP contribution in [0.2, 0.25) is 0 Å². The van der Waals surface area contributed by atoms with E-state index in [1.165, 1.54) is 5.56 Å². The van der Waals surface area contributed by atoms with E-state index >= 15 is 0 Å². The lowest BCUT2D eigenvalue weighted by Gasteiger charge is -2.35. The van der Waals surface area contributed by atoms with Crippen molar-refractivity contribution in [3.05, 3.63) is 66.0 Å². The van der Waals surface area contributed by atoms with Crippen molar-refractivity contribution in [2.24, 2.45) is 11.8 Å². The molecule has 1 fully saturated rings. The zero-order valence-corrected chi connectivity index (χ0v) is 19.9. The molecule has 1 aromatic heterocycles. The maximum Gasteiger partial charge on any atom is 0.253 e. The highest BCUT2D eigenvalue weighted by Gasteiger charge is 2.25. The molecule has 0 spiro atoms. The van der Waals surface area contributed by atoms with Crippen LogP contribution in [0.1, 0.15) is 42.6 Å². The Morgan fingerprint density at radius 2 is 1.82 bits per heavy atom. The molecule has 2 heterocycles. The fourth-order valence-corrected chi connectivity index (χ4v) is 4.67. The summed E-state index contributed by atoms with van der Waals surface area (Å²) in [5.41, 5.74) is 3.50. The molecule has 3 aromatic rings. The van der Waals surface area contributed by atoms with Crippen molar-refractivity contribution in [2.75, 3.05) is 33.3 Å². The molecule has 0 bridgehead atoms. The summed E-state index contributed by atoms with van der Waals surface area (Å²) in [4.78, 5) is 26.6. The second-order valence-corrected chi connectivity index (χ2v) is 9.40. The Morgan fingerprint density at radius 1 is 1.09 bits per heavy atom. The van der Waals surface area contributed by atoms with Gasteiger partial charge >= 0.3 is 0 Å². The van der Waals surface area contributed by atoms with E-state index in [9.17, 15) is 4.79 Å². The van der Waals surface area contributed by atoms with E-state index in [0.29, 0.717) is 17.4 Å². The van der Waals surface area contributed by atoms with E-state index in [1.807, 2.05) is 35.2 Å². The Labute approximate surface area is 196 Å². The number of methoxy groups -OCH3 is 1. The fraction of sp³-hybridized carbons (Fsp3) is 0.444. The topological polar surface area (TPSA) is 58.6 Å². The highest BCUT2D eigenvalue weighted by atomic mass is 16.5. The van der Waals surface area contributed by atoms with Crippen LogP contribution >= 0.6 is 0 Å². The minimum Gasteiger partial charge on any atom is -0.496 e. The van der Waals surface area contributed by atoms with Gasteiger partial charge in [0, 0.05) is 43.2 Å². The van der Waals surface area contributed by atoms with E-state index in [4.69, 9.17) is 4.74 Å². The molecule has 4 rings (SSSR count). The number of benzene rings is 2. The number of hydrogen-bond acceptors (Lipinski definition) is 5. The Kier molecular flexibility index (Phi) is 7.55. The summed E-state index contributed by atoms with van der Waals surface area (Å²) in [5.74, 6) is 1.97. The van der Waals surface area contributed by atoms with Crippen molar-refractivity contribution < 1.29 is 9.53 Å². The predicted molar refractivity (Wildman–Crippen MR) is 131 cm³/mol. The smallest absolute Gasteiger partial charge is 0.253 e. The van der Waals surface area contributed by atoms with E-state index in [1.54, 1.807) is 19.5 Å². The first-order chi connectivity index (χ1) is 16.0. The van der Waals surface area contributed by atoms with Crippen LogP contribution in [0.5, 0.6) is 5.75 Å². The Hall–Kier alpha value is -2.99. The molecule has 0 N–H and O–H groups in total. The normalized spacial score (nSPS) is 15.2. The van der Waals surface area contributed by atoms with Gasteiger partial charge in [0.25, 0.3) is 5.91 Å². The third kappa shape index (κ3) is 5.88. The lowest BCUT2D eigenvalue weighted by atomic mass is 9.95. The largest absolute Gasteiger partial charge is 0.496 e. The van der Waals surface area contributed by atoms with E-state index in [2.05, 4.69) is 40.8 Å². The molecule has 33 heavy (non-hydrogen) atoms. The Morgan fingerprint density at radius 3 is 2.55 bits per heavy atom. The van der Waals surface area contributed by atoms with Gasteiger partial charge in [0.15, 0.2) is 0 Å². The van der Waals surface area contributed by atoms with Crippen molar-refractivity contribution in [2.45, 2.75) is 33.2 Å². The summed E-state index contributed by atoms with van der Waals surface area (Å²) in [5, 5.41) is 0. The average Bonchev–Trinajstić information content (AvgIpc) is 2.84. The maximum atomic E-state index is 13.4. The van der Waals surface area contributed by atoms with Gasteiger partial charge in [-0.05, 0) is 62.0 Å². The Bertz CT molecular complexity index is 1080. The van der Waals surface area contributed by atoms with Crippen LogP contribution < -0.4 is 4.74 Å². The van der Waals surface area contributed by atoms with Crippen LogP contribution in [-0.4, -0.2) is 59.0 Å². The molecule has 1 saturated heterocycles. The summed E-state index contributed by atoms with van der Waals surface area (Å²) in [6, 6.07) is 13.9. The SMILES string of the molecule is COc1ccccc1CN1CCC(CN(CC(C)C)C(=O)c2ccc3nccnc3c2)CC1. The third-order valence-corrected chi connectivity index (χ3v) is 6.36.